The molecule has 2 heterocycles. The van der Waals surface area contributed by atoms with Crippen LogP contribution >= 0.6 is 0 Å². The molecule has 0 saturated carbocycles. The van der Waals surface area contributed by atoms with E-state index in [-0.39, 0.29) is 12.5 Å². The Morgan fingerprint density at radius 2 is 1.76 bits per heavy atom. The van der Waals surface area contributed by atoms with Gasteiger partial charge in [0.15, 0.2) is 12.4 Å². The van der Waals surface area contributed by atoms with Crippen molar-refractivity contribution in [2.45, 2.75) is 26.4 Å². The highest BCUT2D eigenvalue weighted by Crippen LogP contribution is 2.28. The zero-order valence-electron chi connectivity index (χ0n) is 21.7. The van der Waals surface area contributed by atoms with E-state index in [1.807, 2.05) is 47.4 Å². The predicted molar refractivity (Wildman–Crippen MR) is 147 cm³/mol. The summed E-state index contributed by atoms with van der Waals surface area (Å²) in [6, 6.07) is 26.1. The second-order valence-electron chi connectivity index (χ2n) is 9.45. The zero-order valence-corrected chi connectivity index (χ0v) is 21.7. The highest BCUT2D eigenvalue weighted by atomic mass is 16.5. The molecule has 0 spiro atoms. The normalized spacial score (nSPS) is 14.7. The Kier molecular flexibility index (Phi) is 8.30. The van der Waals surface area contributed by atoms with E-state index < -0.39 is 0 Å². The van der Waals surface area contributed by atoms with Crippen LogP contribution in [0.1, 0.15) is 23.4 Å². The molecule has 0 unspecified atom stereocenters. The SMILES string of the molecule is Cc1noc(-c2ccccc2OCC(=O)N2CCN(Cc3ccccc3)CCCNc3ccccc3C2)n1. The van der Waals surface area contributed by atoms with Crippen LogP contribution in [0.25, 0.3) is 11.5 Å². The van der Waals surface area contributed by atoms with Gasteiger partial charge in [0.05, 0.1) is 5.56 Å². The molecule has 1 aliphatic heterocycles. The molecule has 0 bridgehead atoms. The van der Waals surface area contributed by atoms with Gasteiger partial charge in [-0.25, -0.2) is 0 Å². The summed E-state index contributed by atoms with van der Waals surface area (Å²) >= 11 is 0. The van der Waals surface area contributed by atoms with Crippen molar-refractivity contribution in [2.24, 2.45) is 0 Å². The minimum Gasteiger partial charge on any atom is -0.483 e. The number of benzene rings is 3. The smallest absolute Gasteiger partial charge is 0.261 e. The summed E-state index contributed by atoms with van der Waals surface area (Å²) in [5.41, 5.74) is 4.11. The fraction of sp³-hybridized carbons (Fsp3) is 0.300. The van der Waals surface area contributed by atoms with Gasteiger partial charge < -0.3 is 19.5 Å². The van der Waals surface area contributed by atoms with Gasteiger partial charge in [0.1, 0.15) is 5.75 Å². The Balaban J connectivity index is 1.32. The summed E-state index contributed by atoms with van der Waals surface area (Å²) in [7, 11) is 0. The number of rotatable bonds is 6. The molecule has 1 aromatic heterocycles. The minimum atomic E-state index is -0.0849. The third-order valence-corrected chi connectivity index (χ3v) is 6.63. The van der Waals surface area contributed by atoms with Crippen LogP contribution < -0.4 is 10.1 Å². The van der Waals surface area contributed by atoms with Gasteiger partial charge in [-0.1, -0.05) is 65.8 Å². The summed E-state index contributed by atoms with van der Waals surface area (Å²) in [6.07, 6.45) is 1.02. The van der Waals surface area contributed by atoms with E-state index in [0.717, 1.165) is 43.9 Å². The highest BCUT2D eigenvalue weighted by Gasteiger charge is 2.20. The van der Waals surface area contributed by atoms with Crippen LogP contribution in [0.4, 0.5) is 5.69 Å². The van der Waals surface area contributed by atoms with Crippen LogP contribution in [-0.4, -0.2) is 58.6 Å². The molecule has 1 N–H and O–H groups in total. The maximum atomic E-state index is 13.6. The van der Waals surface area contributed by atoms with Gasteiger partial charge in [-0.15, -0.1) is 0 Å². The number of nitrogens with one attached hydrogen (secondary N) is 1. The van der Waals surface area contributed by atoms with Crippen LogP contribution in [-0.2, 0) is 17.9 Å². The maximum absolute atomic E-state index is 13.6. The van der Waals surface area contributed by atoms with Crippen molar-refractivity contribution < 1.29 is 14.1 Å². The zero-order chi connectivity index (χ0) is 26.2. The molecule has 0 radical (unpaired) electrons. The van der Waals surface area contributed by atoms with Gasteiger partial charge in [0.2, 0.25) is 0 Å². The van der Waals surface area contributed by atoms with Crippen LogP contribution in [0.3, 0.4) is 0 Å². The number of nitrogens with zero attached hydrogens (tertiary/aromatic N) is 4. The molecular formula is C30H33N5O3. The second kappa shape index (κ2) is 12.4. The minimum absolute atomic E-state index is 0.0739. The number of hydrogen-bond donors (Lipinski definition) is 1. The Hall–Kier alpha value is -4.17. The first-order chi connectivity index (χ1) is 18.7. The summed E-state index contributed by atoms with van der Waals surface area (Å²) < 4.78 is 11.4. The van der Waals surface area contributed by atoms with Crippen molar-refractivity contribution in [3.63, 3.8) is 0 Å². The van der Waals surface area contributed by atoms with Gasteiger partial charge >= 0.3 is 0 Å². The average Bonchev–Trinajstić information content (AvgIpc) is 3.37. The van der Waals surface area contributed by atoms with Crippen molar-refractivity contribution >= 4 is 11.6 Å². The number of ether oxygens (including phenoxy) is 1. The van der Waals surface area contributed by atoms with Crippen molar-refractivity contribution in [3.05, 3.63) is 95.8 Å². The van der Waals surface area contributed by atoms with Crippen molar-refractivity contribution in [1.82, 2.24) is 19.9 Å². The lowest BCUT2D eigenvalue weighted by Gasteiger charge is -2.28. The lowest BCUT2D eigenvalue weighted by molar-refractivity contribution is -0.134. The number of para-hydroxylation sites is 2. The first kappa shape index (κ1) is 25.5. The largest absolute Gasteiger partial charge is 0.483 e. The van der Waals surface area contributed by atoms with Crippen molar-refractivity contribution in [2.75, 3.05) is 38.1 Å². The first-order valence-corrected chi connectivity index (χ1v) is 13.0. The van der Waals surface area contributed by atoms with E-state index in [1.165, 1.54) is 5.56 Å². The van der Waals surface area contributed by atoms with Crippen LogP contribution in [0.2, 0.25) is 0 Å². The van der Waals surface area contributed by atoms with E-state index >= 15 is 0 Å². The molecule has 5 rings (SSSR count). The number of hydrogen-bond acceptors (Lipinski definition) is 7. The summed E-state index contributed by atoms with van der Waals surface area (Å²) in [5.74, 6) is 1.38. The third-order valence-electron chi connectivity index (χ3n) is 6.63. The van der Waals surface area contributed by atoms with E-state index in [4.69, 9.17) is 9.26 Å². The molecule has 4 aromatic rings. The topological polar surface area (TPSA) is 83.7 Å². The molecule has 3 aromatic carbocycles. The molecule has 196 valence electrons. The van der Waals surface area contributed by atoms with Crippen molar-refractivity contribution in [3.8, 4) is 17.2 Å². The highest BCUT2D eigenvalue weighted by molar-refractivity contribution is 5.78. The van der Waals surface area contributed by atoms with Gasteiger partial charge in [-0.3, -0.25) is 9.69 Å². The molecule has 8 heteroatoms. The van der Waals surface area contributed by atoms with E-state index in [9.17, 15) is 4.79 Å². The van der Waals surface area contributed by atoms with Crippen LogP contribution in [0.15, 0.2) is 83.4 Å². The Bertz CT molecular complexity index is 1340. The van der Waals surface area contributed by atoms with Gasteiger partial charge in [0, 0.05) is 45.0 Å². The lowest BCUT2D eigenvalue weighted by atomic mass is 10.1. The fourth-order valence-electron chi connectivity index (χ4n) is 4.63. The fourth-order valence-corrected chi connectivity index (χ4v) is 4.63. The van der Waals surface area contributed by atoms with Gasteiger partial charge in [-0.05, 0) is 42.7 Å². The average molecular weight is 512 g/mol. The lowest BCUT2D eigenvalue weighted by Crippen LogP contribution is -2.40. The predicted octanol–water partition coefficient (Wildman–Crippen LogP) is 4.77. The number of carbonyl (C=O) groups is 1. The number of aryl methyl sites for hydroxylation is 1. The Labute approximate surface area is 223 Å². The Morgan fingerprint density at radius 3 is 2.61 bits per heavy atom. The Morgan fingerprint density at radius 1 is 0.974 bits per heavy atom. The molecule has 0 atom stereocenters. The molecule has 0 saturated heterocycles. The molecular weight excluding hydrogens is 478 g/mol. The van der Waals surface area contributed by atoms with Crippen molar-refractivity contribution in [1.29, 1.82) is 0 Å². The molecule has 0 aliphatic carbocycles. The van der Waals surface area contributed by atoms with Crippen LogP contribution in [0, 0.1) is 6.92 Å². The van der Waals surface area contributed by atoms with E-state index in [0.29, 0.717) is 36.1 Å². The monoisotopic (exact) mass is 511 g/mol. The summed E-state index contributed by atoms with van der Waals surface area (Å²) in [6.45, 7) is 6.25. The molecule has 1 aliphatic rings. The standard InChI is InChI=1S/C30H33N5O3/c1-23-32-30(38-33-23)26-13-6-8-15-28(26)37-22-29(36)35-19-18-34(20-24-10-3-2-4-11-24)17-9-16-31-27-14-7-5-12-25(27)21-35/h2-8,10-15,31H,9,16-22H2,1H3. The molecule has 8 nitrogen and oxygen atoms in total. The number of anilines is 1. The van der Waals surface area contributed by atoms with E-state index in [1.54, 1.807) is 6.92 Å². The number of aromatic nitrogens is 2. The molecule has 0 fully saturated rings. The first-order valence-electron chi connectivity index (χ1n) is 13.0. The van der Waals surface area contributed by atoms with Gasteiger partial charge in [0.25, 0.3) is 11.8 Å². The molecule has 1 amide bonds. The maximum Gasteiger partial charge on any atom is 0.261 e. The number of fused-ring (bicyclic) bond motifs is 1. The van der Waals surface area contributed by atoms with E-state index in [2.05, 4.69) is 56.8 Å². The quantitative estimate of drug-likeness (QED) is 0.399. The summed E-state index contributed by atoms with van der Waals surface area (Å²) in [5, 5.41) is 7.45. The van der Waals surface area contributed by atoms with Crippen LogP contribution in [0.5, 0.6) is 5.75 Å². The molecule has 38 heavy (non-hydrogen) atoms. The van der Waals surface area contributed by atoms with Gasteiger partial charge in [-0.2, -0.15) is 4.98 Å². The number of amides is 1. The number of carbonyl (C=O) groups excluding carboxylic acids is 1. The second-order valence-corrected chi connectivity index (χ2v) is 9.45. The summed E-state index contributed by atoms with van der Waals surface area (Å²) in [4.78, 5) is 22.2. The third kappa shape index (κ3) is 6.58.